The number of hydrogen-bond donors (Lipinski definition) is 1. The highest BCUT2D eigenvalue weighted by Crippen LogP contribution is 2.29. The van der Waals surface area contributed by atoms with Gasteiger partial charge in [-0.05, 0) is 18.9 Å². The summed E-state index contributed by atoms with van der Waals surface area (Å²) in [4.78, 5) is 9.22. The monoisotopic (exact) mass is 232 g/mol. The van der Waals surface area contributed by atoms with Crippen molar-refractivity contribution in [2.45, 2.75) is 25.4 Å². The van der Waals surface area contributed by atoms with E-state index >= 15 is 0 Å². The zero-order chi connectivity index (χ0) is 11.7. The Kier molecular flexibility index (Phi) is 2.99. The molecule has 4 nitrogen and oxygen atoms in total. The molecule has 1 saturated heterocycles. The van der Waals surface area contributed by atoms with Gasteiger partial charge in [0.2, 0.25) is 0 Å². The average Bonchev–Trinajstić information content (AvgIpc) is 3.23. The highest BCUT2D eigenvalue weighted by molar-refractivity contribution is 5.52. The van der Waals surface area contributed by atoms with Crippen molar-refractivity contribution in [3.05, 3.63) is 24.0 Å². The number of rotatable bonds is 3. The summed E-state index contributed by atoms with van der Waals surface area (Å²) in [5.41, 5.74) is 8.20. The topological polar surface area (TPSA) is 45.4 Å². The quantitative estimate of drug-likeness (QED) is 0.838. The van der Waals surface area contributed by atoms with E-state index in [0.29, 0.717) is 6.54 Å². The van der Waals surface area contributed by atoms with Crippen LogP contribution in [0.1, 0.15) is 18.4 Å². The van der Waals surface area contributed by atoms with E-state index in [1.54, 1.807) is 0 Å². The van der Waals surface area contributed by atoms with Crippen LogP contribution in [-0.4, -0.2) is 42.1 Å². The van der Waals surface area contributed by atoms with E-state index in [0.717, 1.165) is 24.7 Å². The van der Waals surface area contributed by atoms with Gasteiger partial charge in [0.25, 0.3) is 0 Å². The molecule has 0 spiro atoms. The number of nitrogens with zero attached hydrogens (tertiary/aromatic N) is 3. The van der Waals surface area contributed by atoms with Crippen molar-refractivity contribution < 1.29 is 0 Å². The molecule has 2 fully saturated rings. The summed E-state index contributed by atoms with van der Waals surface area (Å²) in [6, 6.07) is 2.98. The minimum atomic E-state index is 0.575. The Morgan fingerprint density at radius 2 is 2.00 bits per heavy atom. The maximum absolute atomic E-state index is 5.77. The Labute approximate surface area is 102 Å². The molecule has 3 rings (SSSR count). The van der Waals surface area contributed by atoms with Gasteiger partial charge in [-0.15, -0.1) is 0 Å². The van der Waals surface area contributed by atoms with Crippen LogP contribution < -0.4 is 10.6 Å². The second-order valence-electron chi connectivity index (χ2n) is 4.96. The van der Waals surface area contributed by atoms with Crippen LogP contribution in [-0.2, 0) is 6.54 Å². The van der Waals surface area contributed by atoms with Crippen molar-refractivity contribution >= 4 is 5.69 Å². The van der Waals surface area contributed by atoms with Gasteiger partial charge in [0, 0.05) is 62.4 Å². The lowest BCUT2D eigenvalue weighted by Crippen LogP contribution is -2.47. The van der Waals surface area contributed by atoms with Crippen LogP contribution in [0.15, 0.2) is 18.5 Å². The lowest BCUT2D eigenvalue weighted by atomic mass is 10.2. The van der Waals surface area contributed by atoms with Crippen LogP contribution in [0.5, 0.6) is 0 Å². The molecule has 0 radical (unpaired) electrons. The first-order chi connectivity index (χ1) is 8.38. The Morgan fingerprint density at radius 1 is 1.24 bits per heavy atom. The van der Waals surface area contributed by atoms with Crippen LogP contribution >= 0.6 is 0 Å². The first-order valence-electron chi connectivity index (χ1n) is 6.50. The number of piperazine rings is 1. The molecule has 0 amide bonds. The molecule has 17 heavy (non-hydrogen) atoms. The van der Waals surface area contributed by atoms with Gasteiger partial charge >= 0.3 is 0 Å². The van der Waals surface area contributed by atoms with Gasteiger partial charge in [-0.3, -0.25) is 9.88 Å². The maximum atomic E-state index is 5.77. The molecule has 2 aliphatic rings. The van der Waals surface area contributed by atoms with Crippen LogP contribution in [0.3, 0.4) is 0 Å². The fourth-order valence-corrected chi connectivity index (χ4v) is 2.65. The molecule has 1 aromatic heterocycles. The van der Waals surface area contributed by atoms with Gasteiger partial charge in [0.1, 0.15) is 0 Å². The van der Waals surface area contributed by atoms with Crippen molar-refractivity contribution in [2.75, 3.05) is 31.1 Å². The molecule has 2 heterocycles. The third-order valence-electron chi connectivity index (χ3n) is 3.82. The van der Waals surface area contributed by atoms with Gasteiger partial charge in [-0.1, -0.05) is 0 Å². The molecule has 1 aliphatic carbocycles. The van der Waals surface area contributed by atoms with Crippen LogP contribution in [0, 0.1) is 0 Å². The molecule has 1 saturated carbocycles. The number of pyridine rings is 1. The molecule has 0 aromatic carbocycles. The molecular weight excluding hydrogens is 212 g/mol. The lowest BCUT2D eigenvalue weighted by Gasteiger charge is -2.37. The highest BCUT2D eigenvalue weighted by Gasteiger charge is 2.31. The Morgan fingerprint density at radius 3 is 2.65 bits per heavy atom. The Bertz CT molecular complexity index is 381. The SMILES string of the molecule is NCc1cnccc1N1CCN(C2CC2)CC1. The fraction of sp³-hybridized carbons (Fsp3) is 0.615. The van der Waals surface area contributed by atoms with Crippen LogP contribution in [0.2, 0.25) is 0 Å². The molecule has 0 unspecified atom stereocenters. The van der Waals surface area contributed by atoms with Gasteiger partial charge < -0.3 is 10.6 Å². The van der Waals surface area contributed by atoms with E-state index in [2.05, 4.69) is 20.9 Å². The minimum Gasteiger partial charge on any atom is -0.369 e. The molecular formula is C13H20N4. The lowest BCUT2D eigenvalue weighted by molar-refractivity contribution is 0.248. The second-order valence-corrected chi connectivity index (χ2v) is 4.96. The average molecular weight is 232 g/mol. The summed E-state index contributed by atoms with van der Waals surface area (Å²) in [5, 5.41) is 0. The Hall–Kier alpha value is -1.13. The summed E-state index contributed by atoms with van der Waals surface area (Å²) in [5.74, 6) is 0. The first kappa shape index (κ1) is 11.0. The molecule has 2 N–H and O–H groups in total. The third-order valence-corrected chi connectivity index (χ3v) is 3.82. The smallest absolute Gasteiger partial charge is 0.0443 e. The van der Waals surface area contributed by atoms with Gasteiger partial charge in [-0.25, -0.2) is 0 Å². The van der Waals surface area contributed by atoms with Gasteiger partial charge in [0.15, 0.2) is 0 Å². The van der Waals surface area contributed by atoms with E-state index in [9.17, 15) is 0 Å². The third kappa shape index (κ3) is 2.28. The van der Waals surface area contributed by atoms with E-state index in [-0.39, 0.29) is 0 Å². The maximum Gasteiger partial charge on any atom is 0.0443 e. The van der Waals surface area contributed by atoms with Gasteiger partial charge in [-0.2, -0.15) is 0 Å². The normalized spacial score (nSPS) is 21.8. The minimum absolute atomic E-state index is 0.575. The largest absolute Gasteiger partial charge is 0.369 e. The van der Waals surface area contributed by atoms with Crippen molar-refractivity contribution in [1.82, 2.24) is 9.88 Å². The summed E-state index contributed by atoms with van der Waals surface area (Å²) in [7, 11) is 0. The first-order valence-corrected chi connectivity index (χ1v) is 6.50. The number of hydrogen-bond acceptors (Lipinski definition) is 4. The summed E-state index contributed by atoms with van der Waals surface area (Å²) < 4.78 is 0. The van der Waals surface area contributed by atoms with E-state index < -0.39 is 0 Å². The predicted octanol–water partition coefficient (Wildman–Crippen LogP) is 0.825. The van der Waals surface area contributed by atoms with E-state index in [1.807, 2.05) is 12.4 Å². The van der Waals surface area contributed by atoms with Crippen molar-refractivity contribution in [3.63, 3.8) is 0 Å². The van der Waals surface area contributed by atoms with E-state index in [1.165, 1.54) is 31.6 Å². The molecule has 1 aromatic rings. The van der Waals surface area contributed by atoms with E-state index in [4.69, 9.17) is 5.73 Å². The van der Waals surface area contributed by atoms with Gasteiger partial charge in [0.05, 0.1) is 0 Å². The zero-order valence-corrected chi connectivity index (χ0v) is 10.2. The molecule has 0 atom stereocenters. The summed E-state index contributed by atoms with van der Waals surface area (Å²) in [6.45, 7) is 5.20. The predicted molar refractivity (Wildman–Crippen MR) is 68.9 cm³/mol. The molecule has 1 aliphatic heterocycles. The van der Waals surface area contributed by atoms with Crippen LogP contribution in [0.25, 0.3) is 0 Å². The highest BCUT2D eigenvalue weighted by atomic mass is 15.3. The van der Waals surface area contributed by atoms with Crippen molar-refractivity contribution in [3.8, 4) is 0 Å². The molecule has 0 bridgehead atoms. The zero-order valence-electron chi connectivity index (χ0n) is 10.2. The Balaban J connectivity index is 1.68. The van der Waals surface area contributed by atoms with Crippen LogP contribution in [0.4, 0.5) is 5.69 Å². The van der Waals surface area contributed by atoms with Crippen molar-refractivity contribution in [1.29, 1.82) is 0 Å². The number of nitrogens with two attached hydrogens (primary N) is 1. The second kappa shape index (κ2) is 4.63. The van der Waals surface area contributed by atoms with Crippen molar-refractivity contribution in [2.24, 2.45) is 5.73 Å². The number of aromatic nitrogens is 1. The molecule has 92 valence electrons. The summed E-state index contributed by atoms with van der Waals surface area (Å²) >= 11 is 0. The fourth-order valence-electron chi connectivity index (χ4n) is 2.65. The number of anilines is 1. The standard InChI is InChI=1S/C13H20N4/c14-9-11-10-15-4-3-13(11)17-7-5-16(6-8-17)12-1-2-12/h3-4,10,12H,1-2,5-9,14H2. The molecule has 4 heteroatoms. The summed E-state index contributed by atoms with van der Waals surface area (Å²) in [6.07, 6.45) is 6.57.